The van der Waals surface area contributed by atoms with Gasteiger partial charge in [-0.3, -0.25) is 4.79 Å². The number of aromatic nitrogens is 1. The van der Waals surface area contributed by atoms with Gasteiger partial charge in [0.1, 0.15) is 28.3 Å². The Balaban J connectivity index is 2.07. The number of ether oxygens (including phenoxy) is 4. The summed E-state index contributed by atoms with van der Waals surface area (Å²) in [5.74, 6) is 1.43. The lowest BCUT2D eigenvalue weighted by molar-refractivity contribution is -0.161. The van der Waals surface area contributed by atoms with Gasteiger partial charge in [-0.05, 0) is 92.5 Å². The van der Waals surface area contributed by atoms with Crippen LogP contribution in [0.4, 0.5) is 14.0 Å². The van der Waals surface area contributed by atoms with E-state index in [4.69, 9.17) is 18.9 Å². The van der Waals surface area contributed by atoms with Crippen LogP contribution in [-0.4, -0.2) is 51.3 Å². The van der Waals surface area contributed by atoms with Crippen molar-refractivity contribution < 1.29 is 42.5 Å². The van der Waals surface area contributed by atoms with Gasteiger partial charge in [0.15, 0.2) is 0 Å². The molecule has 0 saturated carbocycles. The summed E-state index contributed by atoms with van der Waals surface area (Å²) in [7, 11) is 0. The molecule has 0 N–H and O–H groups in total. The lowest BCUT2D eigenvalue weighted by Gasteiger charge is -2.32. The predicted molar refractivity (Wildman–Crippen MR) is 147 cm³/mol. The van der Waals surface area contributed by atoms with E-state index >= 15 is 4.39 Å². The van der Waals surface area contributed by atoms with Crippen molar-refractivity contribution in [2.45, 2.75) is 79.1 Å². The van der Waals surface area contributed by atoms with Gasteiger partial charge in [-0.25, -0.2) is 28.3 Å². The van der Waals surface area contributed by atoms with Gasteiger partial charge in [0.25, 0.3) is 5.78 Å². The highest BCUT2D eigenvalue weighted by atomic mass is 19.1. The third-order valence-corrected chi connectivity index (χ3v) is 5.14. The van der Waals surface area contributed by atoms with E-state index in [0.717, 1.165) is 16.7 Å². The highest BCUT2D eigenvalue weighted by Gasteiger charge is 2.52. The van der Waals surface area contributed by atoms with Crippen molar-refractivity contribution in [3.63, 3.8) is 0 Å². The third kappa shape index (κ3) is 7.39. The van der Waals surface area contributed by atoms with E-state index in [2.05, 4.69) is 16.8 Å². The number of nitrogens with zero attached hydrogens (tertiary/aromatic N) is 2. The maximum Gasteiger partial charge on any atom is 0.515 e. The van der Waals surface area contributed by atoms with Gasteiger partial charge in [0, 0.05) is 17.8 Å². The smallest absolute Gasteiger partial charge is 0.458 e. The highest BCUT2D eigenvalue weighted by Crippen LogP contribution is 2.47. The zero-order valence-corrected chi connectivity index (χ0v) is 24.5. The first-order valence-corrected chi connectivity index (χ1v) is 12.7. The first-order chi connectivity index (χ1) is 18.7. The molecule has 11 heteroatoms. The molecule has 1 aromatic heterocycles. The number of fused-ring (bicyclic) bond motifs is 1. The number of carbonyl (C=O) groups excluding carboxylic acids is 4. The summed E-state index contributed by atoms with van der Waals surface area (Å²) >= 11 is 0. The van der Waals surface area contributed by atoms with Crippen molar-refractivity contribution in [1.29, 1.82) is 0 Å². The number of hydrogen-bond donors (Lipinski definition) is 0. The van der Waals surface area contributed by atoms with Gasteiger partial charge >= 0.3 is 18.2 Å². The van der Waals surface area contributed by atoms with Gasteiger partial charge in [0.2, 0.25) is 11.3 Å². The summed E-state index contributed by atoms with van der Waals surface area (Å²) in [4.78, 5) is 55.8. The zero-order valence-electron chi connectivity index (χ0n) is 24.5. The predicted octanol–water partition coefficient (Wildman–Crippen LogP) is 5.83. The quantitative estimate of drug-likeness (QED) is 0.144. The monoisotopic (exact) mass is 568 g/mol. The Morgan fingerprint density at radius 3 is 2.10 bits per heavy atom. The number of aliphatic imine (C=N–C) groups is 1. The van der Waals surface area contributed by atoms with E-state index in [0.29, 0.717) is 0 Å². The fraction of sp³-hybridized carbons (Fsp3) is 0.433. The second-order valence-electron chi connectivity index (χ2n) is 12.2. The number of Topliss-reactive ketones (excluding diaryl/α,β-unsaturated/α-hetero) is 1. The number of hydrogen-bond acceptors (Lipinski definition) is 9. The van der Waals surface area contributed by atoms with Crippen molar-refractivity contribution in [2.24, 2.45) is 10.4 Å². The second-order valence-corrected chi connectivity index (χ2v) is 12.2. The minimum absolute atomic E-state index is 0.0645. The molecular formula is C30H33FN2O8. The van der Waals surface area contributed by atoms with Crippen molar-refractivity contribution >= 4 is 29.9 Å². The van der Waals surface area contributed by atoms with E-state index in [1.165, 1.54) is 24.4 Å². The van der Waals surface area contributed by atoms with Crippen LogP contribution in [-0.2, 0) is 23.7 Å². The van der Waals surface area contributed by atoms with Crippen LogP contribution in [0.25, 0.3) is 0 Å². The summed E-state index contributed by atoms with van der Waals surface area (Å²) < 4.78 is 37.9. The molecular weight excluding hydrogens is 535 g/mol. The zero-order chi connectivity index (χ0) is 31.0. The SMILES string of the molecule is CC(C)(C)OC(=O)OC1=NC2=CC=C(F)C(C#CC(=O)c3cccn3C(=O)OC(C)(C)C)(C(=O)OC(C)(C)C)C2=C1. The van der Waals surface area contributed by atoms with Gasteiger partial charge in [-0.1, -0.05) is 5.92 Å². The molecule has 0 saturated heterocycles. The summed E-state index contributed by atoms with van der Waals surface area (Å²) in [6.45, 7) is 14.7. The Morgan fingerprint density at radius 2 is 1.51 bits per heavy atom. The maximum absolute atomic E-state index is 15.8. The molecule has 3 rings (SSSR count). The Morgan fingerprint density at radius 1 is 0.902 bits per heavy atom. The molecule has 1 atom stereocenters. The van der Waals surface area contributed by atoms with Gasteiger partial charge in [-0.2, -0.15) is 0 Å². The van der Waals surface area contributed by atoms with Crippen molar-refractivity contribution in [3.05, 3.63) is 59.3 Å². The number of allylic oxidation sites excluding steroid dienone is 3. The number of esters is 1. The van der Waals surface area contributed by atoms with Gasteiger partial charge in [0.05, 0.1) is 5.70 Å². The average molecular weight is 569 g/mol. The summed E-state index contributed by atoms with van der Waals surface area (Å²) in [5, 5.41) is 0. The van der Waals surface area contributed by atoms with Crippen molar-refractivity contribution in [2.75, 3.05) is 0 Å². The minimum Gasteiger partial charge on any atom is -0.458 e. The summed E-state index contributed by atoms with van der Waals surface area (Å²) in [6, 6.07) is 2.78. The number of halogens is 1. The van der Waals surface area contributed by atoms with Gasteiger partial charge in [-0.15, -0.1) is 0 Å². The van der Waals surface area contributed by atoms with Crippen LogP contribution in [0, 0.1) is 17.3 Å². The molecule has 0 radical (unpaired) electrons. The van der Waals surface area contributed by atoms with Crippen LogP contribution in [0.3, 0.4) is 0 Å². The molecule has 0 fully saturated rings. The van der Waals surface area contributed by atoms with E-state index in [1.807, 2.05) is 0 Å². The van der Waals surface area contributed by atoms with Crippen LogP contribution in [0.5, 0.6) is 0 Å². The molecule has 41 heavy (non-hydrogen) atoms. The Labute approximate surface area is 237 Å². The lowest BCUT2D eigenvalue weighted by Crippen LogP contribution is -2.40. The maximum atomic E-state index is 15.8. The molecule has 0 amide bonds. The average Bonchev–Trinajstić information content (AvgIpc) is 3.42. The number of carbonyl (C=O) groups is 4. The van der Waals surface area contributed by atoms with Crippen molar-refractivity contribution in [1.82, 2.24) is 4.57 Å². The Hall–Kier alpha value is -4.46. The van der Waals surface area contributed by atoms with E-state index in [-0.39, 0.29) is 22.9 Å². The van der Waals surface area contributed by atoms with E-state index < -0.39 is 52.0 Å². The van der Waals surface area contributed by atoms with Gasteiger partial charge < -0.3 is 18.9 Å². The fourth-order valence-corrected chi connectivity index (χ4v) is 3.64. The molecule has 0 spiro atoms. The Bertz CT molecular complexity index is 1480. The molecule has 1 aromatic rings. The number of rotatable bonds is 2. The van der Waals surface area contributed by atoms with Crippen LogP contribution in [0.1, 0.15) is 72.8 Å². The molecule has 0 aromatic carbocycles. The van der Waals surface area contributed by atoms with E-state index in [1.54, 1.807) is 62.3 Å². The van der Waals surface area contributed by atoms with Crippen LogP contribution < -0.4 is 0 Å². The minimum atomic E-state index is -2.43. The number of ketones is 1. The second kappa shape index (κ2) is 10.8. The molecule has 1 unspecified atom stereocenters. The normalized spacial score (nSPS) is 18.4. The molecule has 10 nitrogen and oxygen atoms in total. The standard InChI is InChI=1S/C30H33FN2O8/c1-27(2,3)39-24(35)30(15-14-21(34)20-11-10-16-33(20)25(36)40-28(4,5)6)18-17-23(32-19(18)12-13-22(30)31)38-26(37)41-29(7,8)9/h10-13,16-17H,1-9H3. The summed E-state index contributed by atoms with van der Waals surface area (Å²) in [6.07, 6.45) is 2.84. The van der Waals surface area contributed by atoms with Crippen LogP contribution in [0.2, 0.25) is 0 Å². The molecule has 0 bridgehead atoms. The lowest BCUT2D eigenvalue weighted by atomic mass is 9.75. The molecule has 2 aliphatic rings. The molecule has 1 aliphatic carbocycles. The molecule has 1 aliphatic heterocycles. The first-order valence-electron chi connectivity index (χ1n) is 12.7. The topological polar surface area (TPSA) is 122 Å². The molecule has 218 valence electrons. The van der Waals surface area contributed by atoms with Crippen LogP contribution in [0.15, 0.2) is 58.6 Å². The van der Waals surface area contributed by atoms with Crippen LogP contribution >= 0.6 is 0 Å². The third-order valence-electron chi connectivity index (χ3n) is 5.14. The van der Waals surface area contributed by atoms with E-state index in [9.17, 15) is 19.2 Å². The fourth-order valence-electron chi connectivity index (χ4n) is 3.64. The van der Waals surface area contributed by atoms with Crippen molar-refractivity contribution in [3.8, 4) is 11.8 Å². The first kappa shape index (κ1) is 31.1. The highest BCUT2D eigenvalue weighted by molar-refractivity contribution is 6.11. The molecule has 2 heterocycles. The Kier molecular flexibility index (Phi) is 8.22. The summed E-state index contributed by atoms with van der Waals surface area (Å²) in [5.41, 5.74) is -5.37. The largest absolute Gasteiger partial charge is 0.515 e.